The average Bonchev–Trinajstić information content (AvgIpc) is 3.35. The number of tetrazole rings is 1. The molecule has 1 saturated carbocycles. The van der Waals surface area contributed by atoms with Gasteiger partial charge in [-0.1, -0.05) is 6.07 Å². The molecule has 1 atom stereocenters. The highest BCUT2D eigenvalue weighted by molar-refractivity contribution is 5.91. The largest absolute Gasteiger partial charge is 0.310 e. The van der Waals surface area contributed by atoms with Gasteiger partial charge in [-0.2, -0.15) is 0 Å². The lowest BCUT2D eigenvalue weighted by Crippen LogP contribution is -2.40. The number of rotatable bonds is 5. The van der Waals surface area contributed by atoms with Crippen LogP contribution in [-0.2, 0) is 11.3 Å². The zero-order valence-electron chi connectivity index (χ0n) is 14.4. The second-order valence-electron chi connectivity index (χ2n) is 7.00. The smallest absolute Gasteiger partial charge is 0.229 e. The normalized spacial score (nSPS) is 21.2. The Hall–Kier alpha value is -2.35. The number of hydrogen-bond donors (Lipinski definition) is 1. The topological polar surface area (TPSA) is 88.8 Å². The van der Waals surface area contributed by atoms with Crippen LogP contribution in [0.5, 0.6) is 0 Å². The fourth-order valence-electron chi connectivity index (χ4n) is 3.37. The maximum absolute atomic E-state index is 12.6. The van der Waals surface area contributed by atoms with Crippen molar-refractivity contribution in [1.29, 1.82) is 0 Å². The van der Waals surface area contributed by atoms with E-state index in [0.29, 0.717) is 18.4 Å². The summed E-state index contributed by atoms with van der Waals surface area (Å²) in [7, 11) is 0. The van der Waals surface area contributed by atoms with Gasteiger partial charge in [-0.15, -0.1) is 5.10 Å². The van der Waals surface area contributed by atoms with Crippen LogP contribution in [0.15, 0.2) is 18.2 Å². The summed E-state index contributed by atoms with van der Waals surface area (Å²) in [6.07, 6.45) is 4.23. The molecular formula is C17H23N7O. The first-order valence-corrected chi connectivity index (χ1v) is 8.92. The van der Waals surface area contributed by atoms with Crippen molar-refractivity contribution in [1.82, 2.24) is 30.1 Å². The Labute approximate surface area is 146 Å². The van der Waals surface area contributed by atoms with E-state index in [2.05, 4.69) is 30.7 Å². The first kappa shape index (κ1) is 16.1. The fraction of sp³-hybridized carbons (Fsp3) is 0.588. The van der Waals surface area contributed by atoms with Crippen molar-refractivity contribution in [3.8, 4) is 0 Å². The molecule has 1 unspecified atom stereocenters. The molecule has 1 saturated heterocycles. The molecule has 1 aliphatic heterocycles. The molecule has 2 aromatic heterocycles. The fourth-order valence-corrected chi connectivity index (χ4v) is 3.37. The summed E-state index contributed by atoms with van der Waals surface area (Å²) in [5, 5.41) is 15.0. The Balaban J connectivity index is 1.37. The van der Waals surface area contributed by atoms with Gasteiger partial charge >= 0.3 is 0 Å². The van der Waals surface area contributed by atoms with Gasteiger partial charge in [-0.05, 0) is 61.7 Å². The Morgan fingerprint density at radius 2 is 2.20 bits per heavy atom. The molecule has 0 aromatic carbocycles. The van der Waals surface area contributed by atoms with Gasteiger partial charge in [0.1, 0.15) is 5.82 Å². The van der Waals surface area contributed by atoms with Crippen molar-refractivity contribution < 1.29 is 4.79 Å². The van der Waals surface area contributed by atoms with Crippen LogP contribution >= 0.6 is 0 Å². The number of aromatic nitrogens is 5. The van der Waals surface area contributed by atoms with E-state index in [4.69, 9.17) is 0 Å². The second-order valence-corrected chi connectivity index (χ2v) is 7.00. The zero-order chi connectivity index (χ0) is 17.2. The van der Waals surface area contributed by atoms with Gasteiger partial charge in [0, 0.05) is 12.2 Å². The average molecular weight is 341 g/mol. The van der Waals surface area contributed by atoms with Gasteiger partial charge in [0.15, 0.2) is 5.82 Å². The predicted octanol–water partition coefficient (Wildman–Crippen LogP) is 1.56. The number of amides is 1. The number of likely N-dealkylation sites (tertiary alicyclic amines) is 1. The molecule has 1 amide bonds. The lowest BCUT2D eigenvalue weighted by Gasteiger charge is -2.31. The van der Waals surface area contributed by atoms with E-state index in [-0.39, 0.29) is 11.8 Å². The van der Waals surface area contributed by atoms with Gasteiger partial charge in [0.25, 0.3) is 0 Å². The summed E-state index contributed by atoms with van der Waals surface area (Å²) in [5.74, 6) is 1.55. The minimum Gasteiger partial charge on any atom is -0.310 e. The molecule has 8 heteroatoms. The molecule has 2 aliphatic rings. The molecule has 4 rings (SSSR count). The third kappa shape index (κ3) is 3.84. The maximum atomic E-state index is 12.6. The van der Waals surface area contributed by atoms with E-state index in [1.165, 1.54) is 0 Å². The summed E-state index contributed by atoms with van der Waals surface area (Å²) in [5.41, 5.74) is 0.898. The Kier molecular flexibility index (Phi) is 4.44. The van der Waals surface area contributed by atoms with Crippen molar-refractivity contribution in [3.05, 3.63) is 29.7 Å². The number of nitrogens with zero attached hydrogens (tertiary/aromatic N) is 6. The molecule has 0 radical (unpaired) electrons. The van der Waals surface area contributed by atoms with E-state index in [9.17, 15) is 4.79 Å². The van der Waals surface area contributed by atoms with Crippen LogP contribution < -0.4 is 5.32 Å². The highest BCUT2D eigenvalue weighted by Gasteiger charge is 2.30. The summed E-state index contributed by atoms with van der Waals surface area (Å²) in [6, 6.07) is 6.13. The van der Waals surface area contributed by atoms with E-state index in [1.807, 2.05) is 29.8 Å². The molecule has 0 bridgehead atoms. The number of carbonyl (C=O) groups excluding carboxylic acids is 1. The maximum Gasteiger partial charge on any atom is 0.229 e. The quantitative estimate of drug-likeness (QED) is 0.888. The molecule has 1 aliphatic carbocycles. The summed E-state index contributed by atoms with van der Waals surface area (Å²) < 4.78 is 1.94. The van der Waals surface area contributed by atoms with Crippen LogP contribution in [0.3, 0.4) is 0 Å². The lowest BCUT2D eigenvalue weighted by molar-refractivity contribution is -0.121. The van der Waals surface area contributed by atoms with Crippen molar-refractivity contribution >= 4 is 11.7 Å². The monoisotopic (exact) mass is 341 g/mol. The first-order chi connectivity index (χ1) is 12.2. The molecular weight excluding hydrogens is 318 g/mol. The van der Waals surface area contributed by atoms with Gasteiger partial charge in [-0.25, -0.2) is 9.67 Å². The van der Waals surface area contributed by atoms with Crippen molar-refractivity contribution in [2.24, 2.45) is 5.92 Å². The summed E-state index contributed by atoms with van der Waals surface area (Å²) in [6.45, 7) is 4.33. The molecule has 2 aromatic rings. The summed E-state index contributed by atoms with van der Waals surface area (Å²) in [4.78, 5) is 19.2. The van der Waals surface area contributed by atoms with Crippen LogP contribution in [0.4, 0.5) is 5.82 Å². The number of carbonyl (C=O) groups is 1. The Bertz CT molecular complexity index is 755. The molecule has 8 nitrogen and oxygen atoms in total. The van der Waals surface area contributed by atoms with E-state index in [1.54, 1.807) is 0 Å². The zero-order valence-corrected chi connectivity index (χ0v) is 14.4. The van der Waals surface area contributed by atoms with E-state index < -0.39 is 0 Å². The second kappa shape index (κ2) is 6.87. The number of anilines is 1. The van der Waals surface area contributed by atoms with Crippen molar-refractivity contribution in [2.45, 2.75) is 45.2 Å². The first-order valence-electron chi connectivity index (χ1n) is 8.92. The van der Waals surface area contributed by atoms with E-state index in [0.717, 1.165) is 50.3 Å². The van der Waals surface area contributed by atoms with Gasteiger partial charge in [0.2, 0.25) is 5.91 Å². The van der Waals surface area contributed by atoms with Crippen LogP contribution in [0, 0.1) is 12.8 Å². The molecule has 1 N–H and O–H groups in total. The lowest BCUT2D eigenvalue weighted by atomic mass is 9.97. The van der Waals surface area contributed by atoms with Gasteiger partial charge in [-0.3, -0.25) is 9.69 Å². The number of hydrogen-bond acceptors (Lipinski definition) is 6. The van der Waals surface area contributed by atoms with Gasteiger partial charge in [0.05, 0.1) is 18.5 Å². The minimum absolute atomic E-state index is 0.0266. The molecule has 3 heterocycles. The highest BCUT2D eigenvalue weighted by atomic mass is 16.2. The number of nitrogens with one attached hydrogen (secondary N) is 1. The van der Waals surface area contributed by atoms with Crippen LogP contribution in [0.1, 0.15) is 43.2 Å². The van der Waals surface area contributed by atoms with Crippen LogP contribution in [0.25, 0.3) is 0 Å². The third-order valence-corrected chi connectivity index (χ3v) is 4.83. The van der Waals surface area contributed by atoms with Gasteiger partial charge < -0.3 is 5.32 Å². The van der Waals surface area contributed by atoms with Crippen molar-refractivity contribution in [3.63, 3.8) is 0 Å². The SMILES string of the molecule is Cc1cccc(NC(=O)C2CCCN(Cc3nnnn3C3CC3)C2)n1. The number of piperidine rings is 1. The minimum atomic E-state index is -0.0266. The van der Waals surface area contributed by atoms with Crippen LogP contribution in [0.2, 0.25) is 0 Å². The standard InChI is InChI=1S/C17H23N7O/c1-12-4-2-6-15(18-12)19-17(25)13-5-3-9-23(10-13)11-16-20-21-22-24(16)14-7-8-14/h2,4,6,13-14H,3,5,7-11H2,1H3,(H,18,19,25). The molecule has 25 heavy (non-hydrogen) atoms. The third-order valence-electron chi connectivity index (χ3n) is 4.83. The number of pyridine rings is 1. The van der Waals surface area contributed by atoms with Crippen LogP contribution in [-0.4, -0.2) is 49.1 Å². The Morgan fingerprint density at radius 3 is 3.00 bits per heavy atom. The predicted molar refractivity (Wildman–Crippen MR) is 91.7 cm³/mol. The molecule has 0 spiro atoms. The molecule has 132 valence electrons. The van der Waals surface area contributed by atoms with Crippen molar-refractivity contribution in [2.75, 3.05) is 18.4 Å². The number of aryl methyl sites for hydroxylation is 1. The molecule has 2 fully saturated rings. The van der Waals surface area contributed by atoms with E-state index >= 15 is 0 Å². The Morgan fingerprint density at radius 1 is 1.32 bits per heavy atom. The highest BCUT2D eigenvalue weighted by Crippen LogP contribution is 2.34. The summed E-state index contributed by atoms with van der Waals surface area (Å²) >= 11 is 0.